The van der Waals surface area contributed by atoms with Crippen molar-refractivity contribution in [2.45, 2.75) is 38.6 Å². The lowest BCUT2D eigenvalue weighted by molar-refractivity contribution is 0.481. The Balaban J connectivity index is 2.06. The van der Waals surface area contributed by atoms with E-state index in [2.05, 4.69) is 39.1 Å². The maximum atomic E-state index is 9.51. The fraction of sp³-hybridized carbons (Fsp3) is 0.600. The monoisotopic (exact) mass is 334 g/mol. The Labute approximate surface area is 128 Å². The second kappa shape index (κ2) is 5.34. The molecule has 2 heterocycles. The molecule has 0 radical (unpaired) electrons. The molecule has 1 aromatic rings. The molecule has 20 heavy (non-hydrogen) atoms. The van der Waals surface area contributed by atoms with E-state index in [1.54, 1.807) is 0 Å². The molecule has 1 saturated carbocycles. The summed E-state index contributed by atoms with van der Waals surface area (Å²) in [5.74, 6) is 1.46. The lowest BCUT2D eigenvalue weighted by atomic mass is 10.1. The molecule has 3 rings (SSSR count). The van der Waals surface area contributed by atoms with E-state index in [1.165, 1.54) is 12.8 Å². The van der Waals surface area contributed by atoms with E-state index in [0.29, 0.717) is 12.0 Å². The zero-order valence-corrected chi connectivity index (χ0v) is 13.5. The molecule has 0 bridgehead atoms. The third-order valence-electron chi connectivity index (χ3n) is 4.12. The molecule has 106 valence electrons. The molecule has 4 nitrogen and oxygen atoms in total. The molecular formula is C15H19BrN4. The third kappa shape index (κ3) is 2.43. The molecule has 2 aliphatic rings. The number of nitrogens with zero attached hydrogens (tertiary/aromatic N) is 3. The van der Waals surface area contributed by atoms with Gasteiger partial charge in [0.05, 0.1) is 11.3 Å². The van der Waals surface area contributed by atoms with Crippen LogP contribution in [0.3, 0.4) is 0 Å². The summed E-state index contributed by atoms with van der Waals surface area (Å²) in [6, 6.07) is 2.78. The van der Waals surface area contributed by atoms with Crippen molar-refractivity contribution < 1.29 is 0 Å². The molecule has 0 aromatic carbocycles. The SMILES string of the molecule is Cc1c(Br)c(C2CC2)nc(N2CCNC(C)C2)c1C#N. The second-order valence-corrected chi connectivity index (χ2v) is 6.61. The number of nitrogens with one attached hydrogen (secondary N) is 1. The van der Waals surface area contributed by atoms with Crippen LogP contribution in [0.5, 0.6) is 0 Å². The number of rotatable bonds is 2. The Morgan fingerprint density at radius 3 is 2.80 bits per heavy atom. The van der Waals surface area contributed by atoms with Gasteiger partial charge in [-0.3, -0.25) is 0 Å². The Kier molecular flexibility index (Phi) is 3.70. The summed E-state index contributed by atoms with van der Waals surface area (Å²) in [6.45, 7) is 6.96. The van der Waals surface area contributed by atoms with Crippen LogP contribution in [0.1, 0.15) is 42.5 Å². The summed E-state index contributed by atoms with van der Waals surface area (Å²) in [5, 5.41) is 12.9. The molecule has 1 atom stereocenters. The van der Waals surface area contributed by atoms with Crippen molar-refractivity contribution in [2.75, 3.05) is 24.5 Å². The number of pyridine rings is 1. The normalized spacial score (nSPS) is 22.7. The van der Waals surface area contributed by atoms with Gasteiger partial charge >= 0.3 is 0 Å². The zero-order valence-electron chi connectivity index (χ0n) is 11.9. The molecule has 0 spiro atoms. The van der Waals surface area contributed by atoms with Gasteiger partial charge in [0.25, 0.3) is 0 Å². The van der Waals surface area contributed by atoms with Crippen molar-refractivity contribution in [3.05, 3.63) is 21.3 Å². The molecule has 1 unspecified atom stereocenters. The molecule has 1 N–H and O–H groups in total. The van der Waals surface area contributed by atoms with Gasteiger partial charge < -0.3 is 10.2 Å². The average Bonchev–Trinajstić information content (AvgIpc) is 3.26. The molecule has 1 saturated heterocycles. The fourth-order valence-electron chi connectivity index (χ4n) is 2.80. The van der Waals surface area contributed by atoms with Gasteiger partial charge in [0, 0.05) is 36.1 Å². The van der Waals surface area contributed by atoms with E-state index in [9.17, 15) is 5.26 Å². The first kappa shape index (κ1) is 13.8. The number of halogens is 1. The zero-order chi connectivity index (χ0) is 14.3. The summed E-state index contributed by atoms with van der Waals surface area (Å²) in [5.41, 5.74) is 2.89. The van der Waals surface area contributed by atoms with Crippen molar-refractivity contribution in [1.29, 1.82) is 5.26 Å². The van der Waals surface area contributed by atoms with Crippen LogP contribution in [-0.4, -0.2) is 30.7 Å². The van der Waals surface area contributed by atoms with Crippen LogP contribution in [0.15, 0.2) is 4.47 Å². The summed E-state index contributed by atoms with van der Waals surface area (Å²) in [4.78, 5) is 7.11. The van der Waals surface area contributed by atoms with Crippen molar-refractivity contribution in [3.63, 3.8) is 0 Å². The minimum Gasteiger partial charge on any atom is -0.353 e. The molecule has 1 aromatic heterocycles. The van der Waals surface area contributed by atoms with E-state index < -0.39 is 0 Å². The maximum absolute atomic E-state index is 9.51. The lowest BCUT2D eigenvalue weighted by Gasteiger charge is -2.34. The highest BCUT2D eigenvalue weighted by Crippen LogP contribution is 2.44. The Hall–Kier alpha value is -1.12. The number of piperazine rings is 1. The van der Waals surface area contributed by atoms with Gasteiger partial charge in [-0.1, -0.05) is 0 Å². The standard InChI is InChI=1S/C15H19BrN4/c1-9-8-20(6-5-18-9)15-12(7-17)10(2)13(16)14(19-15)11-3-4-11/h9,11,18H,3-6,8H2,1-2H3. The van der Waals surface area contributed by atoms with Gasteiger partial charge in [-0.25, -0.2) is 4.98 Å². The van der Waals surface area contributed by atoms with Gasteiger partial charge in [-0.05, 0) is 48.2 Å². The molecule has 0 amide bonds. The smallest absolute Gasteiger partial charge is 0.147 e. The molecule has 1 aliphatic heterocycles. The highest BCUT2D eigenvalue weighted by Gasteiger charge is 2.31. The molecule has 1 aliphatic carbocycles. The number of nitriles is 1. The maximum Gasteiger partial charge on any atom is 0.147 e. The highest BCUT2D eigenvalue weighted by atomic mass is 79.9. The quantitative estimate of drug-likeness (QED) is 0.903. The van der Waals surface area contributed by atoms with Gasteiger partial charge in [-0.2, -0.15) is 5.26 Å². The van der Waals surface area contributed by atoms with Gasteiger partial charge in [0.2, 0.25) is 0 Å². The largest absolute Gasteiger partial charge is 0.353 e. The molecule has 5 heteroatoms. The summed E-state index contributed by atoms with van der Waals surface area (Å²) < 4.78 is 1.03. The van der Waals surface area contributed by atoms with Crippen LogP contribution >= 0.6 is 15.9 Å². The van der Waals surface area contributed by atoms with E-state index >= 15 is 0 Å². The van der Waals surface area contributed by atoms with E-state index in [0.717, 1.165) is 46.7 Å². The lowest BCUT2D eigenvalue weighted by Crippen LogP contribution is -2.49. The van der Waals surface area contributed by atoms with Crippen LogP contribution in [0, 0.1) is 18.3 Å². The summed E-state index contributed by atoms with van der Waals surface area (Å²) in [6.07, 6.45) is 2.43. The van der Waals surface area contributed by atoms with Crippen molar-refractivity contribution >= 4 is 21.7 Å². The number of aromatic nitrogens is 1. The fourth-order valence-corrected chi connectivity index (χ4v) is 3.41. The van der Waals surface area contributed by atoms with Crippen LogP contribution < -0.4 is 10.2 Å². The Bertz CT molecular complexity index is 574. The predicted octanol–water partition coefficient (Wildman–Crippen LogP) is 2.70. The van der Waals surface area contributed by atoms with Crippen LogP contribution in [0.2, 0.25) is 0 Å². The highest BCUT2D eigenvalue weighted by molar-refractivity contribution is 9.10. The topological polar surface area (TPSA) is 52.0 Å². The van der Waals surface area contributed by atoms with E-state index in [4.69, 9.17) is 4.98 Å². The van der Waals surface area contributed by atoms with Gasteiger partial charge in [0.15, 0.2) is 0 Å². The van der Waals surface area contributed by atoms with Crippen LogP contribution in [0.25, 0.3) is 0 Å². The molecular weight excluding hydrogens is 316 g/mol. The molecule has 2 fully saturated rings. The third-order valence-corrected chi connectivity index (χ3v) is 5.12. The van der Waals surface area contributed by atoms with Crippen LogP contribution in [-0.2, 0) is 0 Å². The van der Waals surface area contributed by atoms with Crippen molar-refractivity contribution in [3.8, 4) is 6.07 Å². The average molecular weight is 335 g/mol. The van der Waals surface area contributed by atoms with Crippen molar-refractivity contribution in [1.82, 2.24) is 10.3 Å². The minimum atomic E-state index is 0.436. The van der Waals surface area contributed by atoms with E-state index in [-0.39, 0.29) is 0 Å². The first-order valence-corrected chi connectivity index (χ1v) is 7.99. The summed E-state index contributed by atoms with van der Waals surface area (Å²) >= 11 is 3.64. The predicted molar refractivity (Wildman–Crippen MR) is 83.0 cm³/mol. The van der Waals surface area contributed by atoms with Gasteiger partial charge in [0.1, 0.15) is 11.9 Å². The Morgan fingerprint density at radius 1 is 1.45 bits per heavy atom. The number of hydrogen-bond acceptors (Lipinski definition) is 4. The second-order valence-electron chi connectivity index (χ2n) is 5.82. The minimum absolute atomic E-state index is 0.436. The van der Waals surface area contributed by atoms with Crippen LogP contribution in [0.4, 0.5) is 5.82 Å². The first-order chi connectivity index (χ1) is 9.61. The number of hydrogen-bond donors (Lipinski definition) is 1. The van der Waals surface area contributed by atoms with Crippen molar-refractivity contribution in [2.24, 2.45) is 0 Å². The van der Waals surface area contributed by atoms with Gasteiger partial charge in [-0.15, -0.1) is 0 Å². The Morgan fingerprint density at radius 2 is 2.20 bits per heavy atom. The first-order valence-electron chi connectivity index (χ1n) is 7.20. The summed E-state index contributed by atoms with van der Waals surface area (Å²) in [7, 11) is 0. The number of anilines is 1. The van der Waals surface area contributed by atoms with E-state index in [1.807, 2.05) is 6.92 Å².